The van der Waals surface area contributed by atoms with Crippen molar-refractivity contribution in [3.05, 3.63) is 51.9 Å². The average Bonchev–Trinajstić information content (AvgIpc) is 2.83. The highest BCUT2D eigenvalue weighted by Gasteiger charge is 2.19. The van der Waals surface area contributed by atoms with Crippen molar-refractivity contribution in [1.82, 2.24) is 14.1 Å². The summed E-state index contributed by atoms with van der Waals surface area (Å²) >= 11 is 0. The van der Waals surface area contributed by atoms with Gasteiger partial charge in [0.25, 0.3) is 10.1 Å². The molecule has 0 amide bonds. The van der Waals surface area contributed by atoms with Crippen LogP contribution >= 0.6 is 0 Å². The minimum absolute atomic E-state index is 0.0329. The van der Waals surface area contributed by atoms with Crippen LogP contribution < -0.4 is 5.69 Å². The Hall–Kier alpha value is -2.45. The zero-order chi connectivity index (χ0) is 21.6. The Morgan fingerprint density at radius 3 is 2.45 bits per heavy atom. The fourth-order valence-electron chi connectivity index (χ4n) is 3.26. The monoisotopic (exact) mass is 417 g/mol. The van der Waals surface area contributed by atoms with Gasteiger partial charge in [-0.2, -0.15) is 8.42 Å². The van der Waals surface area contributed by atoms with E-state index in [-0.39, 0.29) is 17.7 Å². The van der Waals surface area contributed by atoms with Crippen molar-refractivity contribution in [3.8, 4) is 11.3 Å². The minimum Gasteiger partial charge on any atom is -0.290 e. The van der Waals surface area contributed by atoms with Crippen LogP contribution in [-0.4, -0.2) is 28.8 Å². The predicted octanol–water partition coefficient (Wildman–Crippen LogP) is 3.23. The topological polar surface area (TPSA) is 83.2 Å². The average molecular weight is 418 g/mol. The molecule has 0 bridgehead atoms. The van der Waals surface area contributed by atoms with Gasteiger partial charge in [0.1, 0.15) is 0 Å². The predicted molar refractivity (Wildman–Crippen MR) is 114 cm³/mol. The first-order valence-corrected chi connectivity index (χ1v) is 11.2. The quantitative estimate of drug-likeness (QED) is 0.595. The normalized spacial score (nSPS) is 12.6. The molecule has 3 rings (SSSR count). The number of aromatic nitrogens is 3. The summed E-state index contributed by atoms with van der Waals surface area (Å²) in [4.78, 5) is 17.5. The number of fused-ring (bicyclic) bond motifs is 1. The molecule has 156 valence electrons. The smallest absolute Gasteiger partial charge is 0.290 e. The molecule has 1 aromatic carbocycles. The molecule has 0 saturated heterocycles. The van der Waals surface area contributed by atoms with Crippen LogP contribution in [0.2, 0.25) is 0 Å². The maximum absolute atomic E-state index is 12.7. The van der Waals surface area contributed by atoms with Crippen molar-refractivity contribution >= 4 is 21.3 Å². The number of rotatable bonds is 5. The number of nitrogens with zero attached hydrogens (tertiary/aromatic N) is 3. The first-order valence-electron chi connectivity index (χ1n) is 9.36. The van der Waals surface area contributed by atoms with Gasteiger partial charge in [0.2, 0.25) is 0 Å². The Kier molecular flexibility index (Phi) is 5.44. The van der Waals surface area contributed by atoms with Crippen LogP contribution in [0.1, 0.15) is 31.9 Å². The molecule has 0 aliphatic heterocycles. The van der Waals surface area contributed by atoms with Gasteiger partial charge in [0.15, 0.2) is 5.65 Å². The lowest BCUT2D eigenvalue weighted by atomic mass is 9.97. The van der Waals surface area contributed by atoms with E-state index in [4.69, 9.17) is 9.17 Å². The Morgan fingerprint density at radius 2 is 1.83 bits per heavy atom. The third-order valence-corrected chi connectivity index (χ3v) is 5.18. The standard InChI is InChI=1S/C21H27N3O4S/c1-14-7-8-15(12-28-29(6,26)27)11-16(14)17-9-10-18-19(22-17)23(5)20(25)24(18)13-21(2,3)4/h7-11H,12-13H2,1-6H3. The Bertz CT molecular complexity index is 1230. The van der Waals surface area contributed by atoms with Gasteiger partial charge in [-0.3, -0.25) is 13.3 Å². The Morgan fingerprint density at radius 1 is 1.14 bits per heavy atom. The van der Waals surface area contributed by atoms with E-state index >= 15 is 0 Å². The highest BCUT2D eigenvalue weighted by Crippen LogP contribution is 2.26. The second-order valence-electron chi connectivity index (χ2n) is 8.64. The van der Waals surface area contributed by atoms with E-state index in [0.29, 0.717) is 12.2 Å². The molecule has 2 heterocycles. The Balaban J connectivity index is 2.07. The zero-order valence-corrected chi connectivity index (χ0v) is 18.5. The van der Waals surface area contributed by atoms with Crippen LogP contribution in [-0.2, 0) is 34.5 Å². The summed E-state index contributed by atoms with van der Waals surface area (Å²) in [6.07, 6.45) is 1.03. The first kappa shape index (κ1) is 21.3. The van der Waals surface area contributed by atoms with Crippen LogP contribution in [0.15, 0.2) is 35.1 Å². The maximum atomic E-state index is 12.7. The van der Waals surface area contributed by atoms with Crippen LogP contribution in [0.4, 0.5) is 0 Å². The lowest BCUT2D eigenvalue weighted by Gasteiger charge is -2.18. The maximum Gasteiger partial charge on any atom is 0.330 e. The summed E-state index contributed by atoms with van der Waals surface area (Å²) in [6.45, 7) is 8.80. The van der Waals surface area contributed by atoms with Crippen molar-refractivity contribution in [3.63, 3.8) is 0 Å². The van der Waals surface area contributed by atoms with Crippen molar-refractivity contribution in [1.29, 1.82) is 0 Å². The molecule has 0 aliphatic carbocycles. The van der Waals surface area contributed by atoms with Crippen molar-refractivity contribution < 1.29 is 12.6 Å². The summed E-state index contributed by atoms with van der Waals surface area (Å²) < 4.78 is 30.8. The SMILES string of the molecule is Cc1ccc(COS(C)(=O)=O)cc1-c1ccc2c(n1)n(C)c(=O)n2CC(C)(C)C. The highest BCUT2D eigenvalue weighted by molar-refractivity contribution is 7.85. The van der Waals surface area contributed by atoms with E-state index in [1.165, 1.54) is 0 Å². The molecule has 0 fully saturated rings. The van der Waals surface area contributed by atoms with Gasteiger partial charge in [-0.25, -0.2) is 9.78 Å². The molecule has 8 heteroatoms. The summed E-state index contributed by atoms with van der Waals surface area (Å²) in [5.41, 5.74) is 4.61. The van der Waals surface area contributed by atoms with Gasteiger partial charge >= 0.3 is 5.69 Å². The molecule has 0 unspecified atom stereocenters. The molecule has 7 nitrogen and oxygen atoms in total. The molecule has 2 aromatic heterocycles. The largest absolute Gasteiger partial charge is 0.330 e. The van der Waals surface area contributed by atoms with Crippen LogP contribution in [0.3, 0.4) is 0 Å². The fraction of sp³-hybridized carbons (Fsp3) is 0.429. The van der Waals surface area contributed by atoms with E-state index in [9.17, 15) is 13.2 Å². The van der Waals surface area contributed by atoms with Crippen molar-refractivity contribution in [2.24, 2.45) is 12.5 Å². The minimum atomic E-state index is -3.52. The number of pyridine rings is 1. The molecule has 3 aromatic rings. The van der Waals surface area contributed by atoms with Crippen LogP contribution in [0.5, 0.6) is 0 Å². The molecule has 0 saturated carbocycles. The zero-order valence-electron chi connectivity index (χ0n) is 17.7. The molecule has 29 heavy (non-hydrogen) atoms. The molecular weight excluding hydrogens is 390 g/mol. The van der Waals surface area contributed by atoms with Crippen molar-refractivity contribution in [2.45, 2.75) is 40.8 Å². The van der Waals surface area contributed by atoms with Gasteiger partial charge in [0.05, 0.1) is 24.1 Å². The van der Waals surface area contributed by atoms with E-state index in [1.807, 2.05) is 37.3 Å². The lowest BCUT2D eigenvalue weighted by molar-refractivity contribution is 0.312. The summed E-state index contributed by atoms with van der Waals surface area (Å²) in [5.74, 6) is 0. The van der Waals surface area contributed by atoms with Gasteiger partial charge in [0, 0.05) is 19.2 Å². The number of hydrogen-bond donors (Lipinski definition) is 0. The van der Waals surface area contributed by atoms with E-state index < -0.39 is 10.1 Å². The molecular formula is C21H27N3O4S. The van der Waals surface area contributed by atoms with Gasteiger partial charge < -0.3 is 0 Å². The third kappa shape index (κ3) is 4.76. The van der Waals surface area contributed by atoms with Gasteiger partial charge in [-0.1, -0.05) is 32.9 Å². The molecule has 0 spiro atoms. The second kappa shape index (κ2) is 7.42. The summed E-state index contributed by atoms with van der Waals surface area (Å²) in [5, 5.41) is 0. The van der Waals surface area contributed by atoms with E-state index in [1.54, 1.807) is 16.2 Å². The molecule has 0 atom stereocenters. The summed E-state index contributed by atoms with van der Waals surface area (Å²) in [7, 11) is -1.79. The van der Waals surface area contributed by atoms with Gasteiger partial charge in [-0.15, -0.1) is 0 Å². The fourth-order valence-corrected chi connectivity index (χ4v) is 3.61. The Labute approximate surface area is 171 Å². The highest BCUT2D eigenvalue weighted by atomic mass is 32.2. The number of imidazole rings is 1. The van der Waals surface area contributed by atoms with E-state index in [2.05, 4.69) is 20.8 Å². The molecule has 0 radical (unpaired) electrons. The number of aryl methyl sites for hydroxylation is 2. The number of hydrogen-bond acceptors (Lipinski definition) is 5. The van der Waals surface area contributed by atoms with Gasteiger partial charge in [-0.05, 0) is 41.7 Å². The van der Waals surface area contributed by atoms with Crippen LogP contribution in [0.25, 0.3) is 22.4 Å². The summed E-state index contributed by atoms with van der Waals surface area (Å²) in [6, 6.07) is 9.43. The second-order valence-corrected chi connectivity index (χ2v) is 10.3. The third-order valence-electron chi connectivity index (χ3n) is 4.63. The lowest BCUT2D eigenvalue weighted by Crippen LogP contribution is -2.27. The van der Waals surface area contributed by atoms with E-state index in [0.717, 1.165) is 34.2 Å². The first-order chi connectivity index (χ1) is 13.4. The number of benzene rings is 1. The molecule has 0 N–H and O–H groups in total. The molecule has 0 aliphatic rings. The van der Waals surface area contributed by atoms with Crippen LogP contribution in [0, 0.1) is 12.3 Å². The van der Waals surface area contributed by atoms with Crippen molar-refractivity contribution in [2.75, 3.05) is 6.26 Å².